The summed E-state index contributed by atoms with van der Waals surface area (Å²) in [7, 11) is 0. The molecule has 2 aromatic carbocycles. The molecule has 1 aliphatic carbocycles. The van der Waals surface area contributed by atoms with Gasteiger partial charge in [0.1, 0.15) is 19.3 Å². The Hall–Kier alpha value is -3.69. The van der Waals surface area contributed by atoms with Crippen LogP contribution >= 0.6 is 0 Å². The molecular weight excluding hydrogens is 486 g/mol. The van der Waals surface area contributed by atoms with Crippen LogP contribution in [0.4, 0.5) is 4.79 Å². The predicted molar refractivity (Wildman–Crippen MR) is 141 cm³/mol. The fourth-order valence-electron chi connectivity index (χ4n) is 5.32. The van der Waals surface area contributed by atoms with E-state index < -0.39 is 18.1 Å². The molecule has 2 aliphatic heterocycles. The van der Waals surface area contributed by atoms with Crippen LogP contribution in [0.3, 0.4) is 0 Å². The maximum atomic E-state index is 13.4. The van der Waals surface area contributed by atoms with Crippen LogP contribution in [0.25, 0.3) is 11.1 Å². The van der Waals surface area contributed by atoms with E-state index in [9.17, 15) is 14.4 Å². The van der Waals surface area contributed by atoms with Gasteiger partial charge >= 0.3 is 12.1 Å². The first kappa shape index (κ1) is 25.9. The van der Waals surface area contributed by atoms with Gasteiger partial charge in [0, 0.05) is 32.1 Å². The Morgan fingerprint density at radius 2 is 1.61 bits per heavy atom. The third-order valence-electron chi connectivity index (χ3n) is 7.43. The third kappa shape index (κ3) is 5.58. The van der Waals surface area contributed by atoms with Crippen molar-refractivity contribution in [1.82, 2.24) is 15.1 Å². The Morgan fingerprint density at radius 3 is 2.18 bits per heavy atom. The van der Waals surface area contributed by atoms with Gasteiger partial charge in [0.25, 0.3) is 0 Å². The number of carbonyl (C=O) groups is 3. The van der Waals surface area contributed by atoms with Gasteiger partial charge in [0.2, 0.25) is 5.91 Å². The van der Waals surface area contributed by atoms with E-state index in [0.29, 0.717) is 19.1 Å². The van der Waals surface area contributed by atoms with Gasteiger partial charge in [-0.1, -0.05) is 61.2 Å². The largest absolute Gasteiger partial charge is 0.461 e. The Labute approximate surface area is 222 Å². The molecule has 0 unspecified atom stereocenters. The second-order valence-corrected chi connectivity index (χ2v) is 9.75. The molecule has 1 atom stereocenters. The van der Waals surface area contributed by atoms with Crippen molar-refractivity contribution in [3.63, 3.8) is 0 Å². The van der Waals surface area contributed by atoms with Crippen LogP contribution in [0.2, 0.25) is 0 Å². The van der Waals surface area contributed by atoms with E-state index in [4.69, 9.17) is 14.2 Å². The number of ether oxygens (including phenoxy) is 3. The zero-order valence-corrected chi connectivity index (χ0v) is 21.3. The molecule has 3 aliphatic rings. The molecule has 0 saturated carbocycles. The van der Waals surface area contributed by atoms with E-state index in [1.54, 1.807) is 4.90 Å². The molecule has 200 valence electrons. The molecule has 2 fully saturated rings. The molecule has 9 nitrogen and oxygen atoms in total. The number of piperazine rings is 1. The number of alkyl carbamates (subject to hydrolysis) is 1. The molecule has 2 heterocycles. The summed E-state index contributed by atoms with van der Waals surface area (Å²) in [6.45, 7) is 7.59. The second-order valence-electron chi connectivity index (χ2n) is 9.75. The van der Waals surface area contributed by atoms with E-state index >= 15 is 0 Å². The molecule has 0 bridgehead atoms. The Balaban J connectivity index is 1.22. The van der Waals surface area contributed by atoms with Gasteiger partial charge in [-0.25, -0.2) is 4.79 Å². The number of amides is 2. The normalized spacial score (nSPS) is 18.1. The summed E-state index contributed by atoms with van der Waals surface area (Å²) in [5.41, 5.74) is 4.44. The highest BCUT2D eigenvalue weighted by molar-refractivity contribution is 5.90. The molecule has 0 radical (unpaired) electrons. The third-order valence-corrected chi connectivity index (χ3v) is 7.43. The highest BCUT2D eigenvalue weighted by Gasteiger charge is 2.35. The number of nitrogens with zero attached hydrogens (tertiary/aromatic N) is 2. The van der Waals surface area contributed by atoms with E-state index in [2.05, 4.69) is 28.9 Å². The number of esters is 1. The fraction of sp³-hybridized carbons (Fsp3) is 0.414. The molecule has 2 saturated heterocycles. The number of carbonyl (C=O) groups excluding carboxylic acids is 3. The number of benzene rings is 2. The highest BCUT2D eigenvalue weighted by atomic mass is 16.5. The molecule has 2 aromatic rings. The predicted octanol–water partition coefficient (Wildman–Crippen LogP) is 2.56. The van der Waals surface area contributed by atoms with Gasteiger partial charge in [0.15, 0.2) is 0 Å². The molecule has 2 amide bonds. The van der Waals surface area contributed by atoms with Crippen molar-refractivity contribution < 1.29 is 28.6 Å². The smallest absolute Gasteiger partial charge is 0.407 e. The first-order valence-corrected chi connectivity index (χ1v) is 13.0. The summed E-state index contributed by atoms with van der Waals surface area (Å²) < 4.78 is 16.0. The van der Waals surface area contributed by atoms with Gasteiger partial charge in [0.05, 0.1) is 25.7 Å². The van der Waals surface area contributed by atoms with Crippen LogP contribution in [0, 0.1) is 0 Å². The maximum Gasteiger partial charge on any atom is 0.407 e. The number of fused-ring (bicyclic) bond motifs is 3. The average Bonchev–Trinajstić information content (AvgIpc) is 3.23. The summed E-state index contributed by atoms with van der Waals surface area (Å²) in [5.74, 6) is -1.02. The Kier molecular flexibility index (Phi) is 8.05. The highest BCUT2D eigenvalue weighted by Crippen LogP contribution is 2.44. The SMILES string of the molecule is C=CCOC(=O)C[C@H](NC(=O)OCC1c2ccccc2-c2ccccc21)C(=O)N1CCN(C2COC2)CC1. The summed E-state index contributed by atoms with van der Waals surface area (Å²) >= 11 is 0. The van der Waals surface area contributed by atoms with Crippen molar-refractivity contribution in [3.8, 4) is 11.1 Å². The van der Waals surface area contributed by atoms with Crippen molar-refractivity contribution in [3.05, 3.63) is 72.3 Å². The summed E-state index contributed by atoms with van der Waals surface area (Å²) in [6, 6.07) is 15.5. The van der Waals surface area contributed by atoms with Crippen LogP contribution in [-0.2, 0) is 23.8 Å². The van der Waals surface area contributed by atoms with Gasteiger partial charge in [-0.3, -0.25) is 14.5 Å². The van der Waals surface area contributed by atoms with Crippen molar-refractivity contribution in [2.45, 2.75) is 24.4 Å². The summed E-state index contributed by atoms with van der Waals surface area (Å²) in [4.78, 5) is 42.6. The number of rotatable bonds is 9. The topological polar surface area (TPSA) is 97.4 Å². The van der Waals surface area contributed by atoms with Crippen LogP contribution in [0.5, 0.6) is 0 Å². The molecule has 0 aromatic heterocycles. The van der Waals surface area contributed by atoms with Crippen molar-refractivity contribution in [2.24, 2.45) is 0 Å². The first-order chi connectivity index (χ1) is 18.5. The quantitative estimate of drug-likeness (QED) is 0.402. The maximum absolute atomic E-state index is 13.4. The van der Waals surface area contributed by atoms with Crippen molar-refractivity contribution >= 4 is 18.0 Å². The summed E-state index contributed by atoms with van der Waals surface area (Å²) in [5, 5.41) is 2.64. The molecule has 0 spiro atoms. The van der Waals surface area contributed by atoms with Crippen LogP contribution < -0.4 is 5.32 Å². The number of hydrogen-bond acceptors (Lipinski definition) is 7. The lowest BCUT2D eigenvalue weighted by Gasteiger charge is -2.43. The van der Waals surface area contributed by atoms with E-state index in [0.717, 1.165) is 48.6 Å². The lowest BCUT2D eigenvalue weighted by Crippen LogP contribution is -2.60. The van der Waals surface area contributed by atoms with E-state index in [1.165, 1.54) is 6.08 Å². The molecule has 1 N–H and O–H groups in total. The minimum absolute atomic E-state index is 0.0345. The minimum Gasteiger partial charge on any atom is -0.461 e. The van der Waals surface area contributed by atoms with Gasteiger partial charge < -0.3 is 24.4 Å². The molecule has 5 rings (SSSR count). The van der Waals surface area contributed by atoms with Crippen molar-refractivity contribution in [1.29, 1.82) is 0 Å². The monoisotopic (exact) mass is 519 g/mol. The molecular formula is C29H33N3O6. The lowest BCUT2D eigenvalue weighted by molar-refractivity contribution is -0.147. The molecule has 38 heavy (non-hydrogen) atoms. The van der Waals surface area contributed by atoms with Crippen LogP contribution in [0.15, 0.2) is 61.2 Å². The first-order valence-electron chi connectivity index (χ1n) is 13.0. The van der Waals surface area contributed by atoms with E-state index in [1.807, 2.05) is 36.4 Å². The Bertz CT molecular complexity index is 1140. The second kappa shape index (κ2) is 11.8. The average molecular weight is 520 g/mol. The van der Waals surface area contributed by atoms with Crippen LogP contribution in [-0.4, -0.2) is 92.5 Å². The number of hydrogen-bond donors (Lipinski definition) is 1. The van der Waals surface area contributed by atoms with Crippen LogP contribution in [0.1, 0.15) is 23.5 Å². The zero-order chi connectivity index (χ0) is 26.5. The minimum atomic E-state index is -1.08. The Morgan fingerprint density at radius 1 is 0.974 bits per heavy atom. The fourth-order valence-corrected chi connectivity index (χ4v) is 5.32. The van der Waals surface area contributed by atoms with Crippen molar-refractivity contribution in [2.75, 3.05) is 52.6 Å². The molecule has 9 heteroatoms. The van der Waals surface area contributed by atoms with E-state index in [-0.39, 0.29) is 31.5 Å². The standard InChI is InChI=1S/C29H33N3O6/c1-2-15-37-27(33)16-26(28(34)32-13-11-31(12-14-32)20-17-36-18-20)30-29(35)38-19-25-23-9-5-3-7-21(23)22-8-4-6-10-24(22)25/h2-10,20,25-26H,1,11-19H2,(H,30,35)/t26-/m0/s1. The van der Waals surface area contributed by atoms with Gasteiger partial charge in [-0.05, 0) is 22.3 Å². The van der Waals surface area contributed by atoms with Gasteiger partial charge in [-0.15, -0.1) is 0 Å². The zero-order valence-electron chi connectivity index (χ0n) is 21.3. The lowest BCUT2D eigenvalue weighted by atomic mass is 9.98. The summed E-state index contributed by atoms with van der Waals surface area (Å²) in [6.07, 6.45) is 0.428. The van der Waals surface area contributed by atoms with Gasteiger partial charge in [-0.2, -0.15) is 0 Å². The number of nitrogens with one attached hydrogen (secondary N) is 1.